The first-order chi connectivity index (χ1) is 27.8. The molecule has 0 saturated heterocycles. The van der Waals surface area contributed by atoms with Gasteiger partial charge in [-0.1, -0.05) is 160 Å². The van der Waals surface area contributed by atoms with E-state index in [9.17, 15) is 0 Å². The van der Waals surface area contributed by atoms with Crippen molar-refractivity contribution in [1.29, 1.82) is 0 Å². The molecule has 10 rings (SSSR count). The molecule has 273 valence electrons. The van der Waals surface area contributed by atoms with Crippen LogP contribution in [0.1, 0.15) is 49.9 Å². The molecule has 0 unspecified atom stereocenters. The first-order valence-electron chi connectivity index (χ1n) is 20.0. The Kier molecular flexibility index (Phi) is 8.30. The van der Waals surface area contributed by atoms with Crippen LogP contribution in [0.2, 0.25) is 0 Å². The predicted molar refractivity (Wildman–Crippen MR) is 242 cm³/mol. The Morgan fingerprint density at radius 3 is 0.895 bits per heavy atom. The quantitative estimate of drug-likeness (QED) is 0.144. The number of nitrogens with zero attached hydrogens (tertiary/aromatic N) is 2. The number of hydrogen-bond acceptors (Lipinski definition) is 2. The topological polar surface area (TPSA) is 6.48 Å². The molecule has 0 spiro atoms. The van der Waals surface area contributed by atoms with Crippen LogP contribution >= 0.6 is 0 Å². The number of benzene rings is 8. The van der Waals surface area contributed by atoms with E-state index in [1.807, 2.05) is 0 Å². The number of rotatable bonds is 8. The van der Waals surface area contributed by atoms with Gasteiger partial charge in [0.1, 0.15) is 0 Å². The van der Waals surface area contributed by atoms with Gasteiger partial charge in [-0.2, -0.15) is 0 Å². The molecule has 2 nitrogen and oxygen atoms in total. The smallest absolute Gasteiger partial charge is 0.191 e. The average Bonchev–Trinajstić information content (AvgIpc) is 3.61. The van der Waals surface area contributed by atoms with E-state index in [4.69, 9.17) is 0 Å². The lowest BCUT2D eigenvalue weighted by molar-refractivity contribution is 0.661. The summed E-state index contributed by atoms with van der Waals surface area (Å²) in [6.45, 7) is 9.50. The summed E-state index contributed by atoms with van der Waals surface area (Å²) >= 11 is 0. The molecule has 0 aromatic heterocycles. The maximum Gasteiger partial charge on any atom is 0.191 e. The van der Waals surface area contributed by atoms with Crippen molar-refractivity contribution in [2.24, 2.45) is 0 Å². The lowest BCUT2D eigenvalue weighted by Crippen LogP contribution is -2.29. The van der Waals surface area contributed by atoms with Gasteiger partial charge in [0.25, 0.3) is 0 Å². The zero-order valence-corrected chi connectivity index (χ0v) is 32.9. The third kappa shape index (κ3) is 5.89. The average molecular weight is 732 g/mol. The first kappa shape index (κ1) is 34.9. The highest BCUT2D eigenvalue weighted by Gasteiger charge is 2.38. The van der Waals surface area contributed by atoms with E-state index >= 15 is 0 Å². The van der Waals surface area contributed by atoms with E-state index in [0.717, 1.165) is 22.7 Å². The van der Waals surface area contributed by atoms with Crippen LogP contribution in [0.5, 0.6) is 0 Å². The summed E-state index contributed by atoms with van der Waals surface area (Å²) in [4.78, 5) is 4.71. The SMILES string of the molecule is CC1(C)c2cc([B]c3ccc4c(c3)C(C)(C)c3cc(N(c5ccccc5)c5ccccc5)ccc3-4)ccc2-c2ccc(N(c3ccccc3)c3ccccc3)cc21. The van der Waals surface area contributed by atoms with E-state index in [1.165, 1.54) is 66.8 Å². The Hall–Kier alpha value is -6.58. The molecule has 8 aromatic rings. The van der Waals surface area contributed by atoms with Crippen LogP contribution in [0.15, 0.2) is 194 Å². The number of anilines is 6. The van der Waals surface area contributed by atoms with Gasteiger partial charge in [0.15, 0.2) is 7.28 Å². The Balaban J connectivity index is 0.954. The Bertz CT molecular complexity index is 2490. The molecule has 2 aliphatic rings. The number of fused-ring (bicyclic) bond motifs is 6. The zero-order chi connectivity index (χ0) is 38.7. The minimum Gasteiger partial charge on any atom is -0.310 e. The Morgan fingerprint density at radius 1 is 0.298 bits per heavy atom. The highest BCUT2D eigenvalue weighted by molar-refractivity contribution is 6.67. The minimum atomic E-state index is -0.157. The molecule has 0 N–H and O–H groups in total. The summed E-state index contributed by atoms with van der Waals surface area (Å²) in [5, 5.41) is 0. The monoisotopic (exact) mass is 731 g/mol. The van der Waals surface area contributed by atoms with Gasteiger partial charge in [-0.05, 0) is 117 Å². The standard InChI is InChI=1S/C54H44BN2/c1-53(2)49-33-37(25-29-45(49)47-31-27-43(35-51(47)53)56(39-17-9-5-10-18-39)40-19-11-6-12-20-40)55-38-26-30-46-48-32-28-44(36-52(48)54(3,4)50(46)34-38)57(41-21-13-7-14-22-41)42-23-15-8-16-24-42/h5-36H,1-4H3. The van der Waals surface area contributed by atoms with Crippen LogP contribution in [0.4, 0.5) is 34.1 Å². The van der Waals surface area contributed by atoms with Crippen LogP contribution in [0.3, 0.4) is 0 Å². The lowest BCUT2D eigenvalue weighted by Gasteiger charge is -2.28. The van der Waals surface area contributed by atoms with Crippen molar-refractivity contribution in [2.45, 2.75) is 38.5 Å². The molecular formula is C54H44BN2. The van der Waals surface area contributed by atoms with Gasteiger partial charge in [-0.3, -0.25) is 0 Å². The molecule has 0 amide bonds. The van der Waals surface area contributed by atoms with Gasteiger partial charge in [-0.25, -0.2) is 0 Å². The highest BCUT2D eigenvalue weighted by atomic mass is 15.1. The van der Waals surface area contributed by atoms with Crippen molar-refractivity contribution in [3.8, 4) is 22.3 Å². The van der Waals surface area contributed by atoms with Crippen LogP contribution in [-0.4, -0.2) is 7.28 Å². The lowest BCUT2D eigenvalue weighted by atomic mass is 9.62. The van der Waals surface area contributed by atoms with Crippen LogP contribution in [0, 0.1) is 0 Å². The molecule has 8 aromatic carbocycles. The predicted octanol–water partition coefficient (Wildman–Crippen LogP) is 12.9. The van der Waals surface area contributed by atoms with Crippen molar-refractivity contribution >= 4 is 52.3 Å². The normalized spacial score (nSPS) is 13.9. The van der Waals surface area contributed by atoms with E-state index < -0.39 is 0 Å². The summed E-state index contributed by atoms with van der Waals surface area (Å²) < 4.78 is 0. The highest BCUT2D eigenvalue weighted by Crippen LogP contribution is 2.52. The second-order valence-electron chi connectivity index (χ2n) is 16.5. The second kappa shape index (κ2) is 13.6. The van der Waals surface area contributed by atoms with Crippen LogP contribution in [-0.2, 0) is 10.8 Å². The summed E-state index contributed by atoms with van der Waals surface area (Å²) in [5.74, 6) is 0. The van der Waals surface area contributed by atoms with Crippen LogP contribution in [0.25, 0.3) is 22.3 Å². The third-order valence-corrected chi connectivity index (χ3v) is 12.3. The molecular weight excluding hydrogens is 687 g/mol. The van der Waals surface area contributed by atoms with Crippen molar-refractivity contribution in [3.63, 3.8) is 0 Å². The van der Waals surface area contributed by atoms with Crippen molar-refractivity contribution in [1.82, 2.24) is 0 Å². The molecule has 0 bridgehead atoms. The fourth-order valence-corrected chi connectivity index (χ4v) is 9.34. The van der Waals surface area contributed by atoms with Crippen molar-refractivity contribution < 1.29 is 0 Å². The molecule has 0 atom stereocenters. The van der Waals surface area contributed by atoms with Gasteiger partial charge in [0, 0.05) is 45.0 Å². The fourth-order valence-electron chi connectivity index (χ4n) is 9.34. The maximum absolute atomic E-state index is 2.42. The summed E-state index contributed by atoms with van der Waals surface area (Å²) in [7, 11) is 2.36. The minimum absolute atomic E-state index is 0.157. The number of hydrogen-bond donors (Lipinski definition) is 0. The molecule has 3 heteroatoms. The van der Waals surface area contributed by atoms with Gasteiger partial charge >= 0.3 is 0 Å². The van der Waals surface area contributed by atoms with E-state index in [1.54, 1.807) is 0 Å². The van der Waals surface area contributed by atoms with Gasteiger partial charge in [0.05, 0.1) is 0 Å². The van der Waals surface area contributed by atoms with Gasteiger partial charge in [-0.15, -0.1) is 0 Å². The van der Waals surface area contributed by atoms with E-state index in [2.05, 4.69) is 239 Å². The molecule has 57 heavy (non-hydrogen) atoms. The summed E-state index contributed by atoms with van der Waals surface area (Å²) in [6.07, 6.45) is 0. The number of para-hydroxylation sites is 4. The Morgan fingerprint density at radius 2 is 0.579 bits per heavy atom. The molecule has 1 radical (unpaired) electrons. The summed E-state index contributed by atoms with van der Waals surface area (Å²) in [5.41, 5.74) is 19.8. The molecule has 0 heterocycles. The molecule has 0 aliphatic heterocycles. The third-order valence-electron chi connectivity index (χ3n) is 12.3. The largest absolute Gasteiger partial charge is 0.310 e. The fraction of sp³-hybridized carbons (Fsp3) is 0.111. The zero-order valence-electron chi connectivity index (χ0n) is 32.9. The summed E-state index contributed by atoms with van der Waals surface area (Å²) in [6, 6.07) is 70.8. The van der Waals surface area contributed by atoms with Crippen molar-refractivity contribution in [3.05, 3.63) is 216 Å². The van der Waals surface area contributed by atoms with E-state index in [-0.39, 0.29) is 10.8 Å². The second-order valence-corrected chi connectivity index (χ2v) is 16.5. The maximum atomic E-state index is 2.42. The Labute approximate surface area is 338 Å². The molecule has 0 fully saturated rings. The van der Waals surface area contributed by atoms with Crippen LogP contribution < -0.4 is 20.7 Å². The van der Waals surface area contributed by atoms with Gasteiger partial charge in [0.2, 0.25) is 0 Å². The van der Waals surface area contributed by atoms with E-state index in [0.29, 0.717) is 0 Å². The molecule has 0 saturated carbocycles. The first-order valence-corrected chi connectivity index (χ1v) is 20.0. The molecule has 2 aliphatic carbocycles. The van der Waals surface area contributed by atoms with Gasteiger partial charge < -0.3 is 9.80 Å². The van der Waals surface area contributed by atoms with Crippen molar-refractivity contribution in [2.75, 3.05) is 9.80 Å².